The molecule has 0 bridgehead atoms. The summed E-state index contributed by atoms with van der Waals surface area (Å²) in [6, 6.07) is -0.164. The Morgan fingerprint density at radius 3 is 2.60 bits per heavy atom. The van der Waals surface area contributed by atoms with Crippen LogP contribution in [0.1, 0.15) is 20.8 Å². The number of carbonyl (C=O) groups excluding carboxylic acids is 1. The number of hydrogen-bond acceptors (Lipinski definition) is 4. The Kier molecular flexibility index (Phi) is 3.13. The van der Waals surface area contributed by atoms with Gasteiger partial charge in [-0.15, -0.1) is 5.10 Å². The number of H-pyrrole nitrogens is 1. The predicted octanol–water partition coefficient (Wildman–Crippen LogP) is 0.733. The van der Waals surface area contributed by atoms with Crippen LogP contribution in [0.4, 0.5) is 10.7 Å². The van der Waals surface area contributed by atoms with Gasteiger partial charge >= 0.3 is 12.0 Å². The zero-order valence-corrected chi connectivity index (χ0v) is 9.21. The van der Waals surface area contributed by atoms with Gasteiger partial charge in [-0.1, -0.05) is 0 Å². The van der Waals surface area contributed by atoms with E-state index >= 15 is 0 Å². The van der Waals surface area contributed by atoms with Gasteiger partial charge in [0.15, 0.2) is 0 Å². The highest BCUT2D eigenvalue weighted by Gasteiger charge is 2.14. The number of carbonyl (C=O) groups is 1. The Hall–Kier alpha value is -1.79. The van der Waals surface area contributed by atoms with Gasteiger partial charge in [0.2, 0.25) is 5.95 Å². The first-order valence-electron chi connectivity index (χ1n) is 4.46. The minimum absolute atomic E-state index is 0.182. The van der Waals surface area contributed by atoms with Gasteiger partial charge in [-0.25, -0.2) is 9.89 Å². The summed E-state index contributed by atoms with van der Waals surface area (Å²) in [6.45, 7) is 5.65. The second-order valence-corrected chi connectivity index (χ2v) is 4.00. The molecule has 1 heterocycles. The summed E-state index contributed by atoms with van der Waals surface area (Å²) in [6.07, 6.45) is 0. The highest BCUT2D eigenvalue weighted by Crippen LogP contribution is 2.05. The molecule has 84 valence electrons. The van der Waals surface area contributed by atoms with E-state index in [4.69, 9.17) is 4.74 Å². The molecule has 0 aliphatic rings. The fraction of sp³-hybridized carbons (Fsp3) is 0.625. The number of aromatic amines is 1. The summed E-state index contributed by atoms with van der Waals surface area (Å²) >= 11 is 0. The maximum Gasteiger partial charge on any atom is 0.336 e. The van der Waals surface area contributed by atoms with Crippen molar-refractivity contribution in [2.45, 2.75) is 26.3 Å². The van der Waals surface area contributed by atoms with Crippen molar-refractivity contribution in [3.63, 3.8) is 0 Å². The van der Waals surface area contributed by atoms with Gasteiger partial charge in [0.05, 0.1) is 7.11 Å². The Labute approximate surface area is 87.6 Å². The van der Waals surface area contributed by atoms with Crippen molar-refractivity contribution in [2.75, 3.05) is 12.4 Å². The minimum atomic E-state index is -0.346. The van der Waals surface area contributed by atoms with Crippen molar-refractivity contribution in [2.24, 2.45) is 0 Å². The predicted molar refractivity (Wildman–Crippen MR) is 54.8 cm³/mol. The largest absolute Gasteiger partial charge is 0.466 e. The molecule has 0 aliphatic heterocycles. The summed E-state index contributed by atoms with van der Waals surface area (Å²) in [5, 5.41) is 11.4. The third-order valence-electron chi connectivity index (χ3n) is 1.37. The average Bonchev–Trinajstić information content (AvgIpc) is 2.48. The van der Waals surface area contributed by atoms with Crippen LogP contribution in [-0.4, -0.2) is 33.9 Å². The number of methoxy groups -OCH3 is 1. The molecule has 7 heteroatoms. The summed E-state index contributed by atoms with van der Waals surface area (Å²) in [5.74, 6) is 0.244. The maximum absolute atomic E-state index is 11.4. The quantitative estimate of drug-likeness (QED) is 0.675. The molecule has 7 nitrogen and oxygen atoms in total. The van der Waals surface area contributed by atoms with E-state index in [1.54, 1.807) is 0 Å². The Balaban J connectivity index is 2.51. The molecule has 1 rings (SSSR count). The standard InChI is InChI=1S/C8H15N5O2/c1-8(2,3)11-6(14)9-5-10-7(15-4)13-12-5/h1-4H3,(H3,9,10,11,12,13,14). The lowest BCUT2D eigenvalue weighted by molar-refractivity contribution is 0.243. The second-order valence-electron chi connectivity index (χ2n) is 4.00. The third-order valence-corrected chi connectivity index (χ3v) is 1.37. The zero-order valence-electron chi connectivity index (χ0n) is 9.21. The molecule has 0 spiro atoms. The number of urea groups is 1. The smallest absolute Gasteiger partial charge is 0.336 e. The van der Waals surface area contributed by atoms with Crippen LogP contribution >= 0.6 is 0 Å². The van der Waals surface area contributed by atoms with Gasteiger partial charge in [-0.2, -0.15) is 4.98 Å². The van der Waals surface area contributed by atoms with Crippen LogP contribution in [0, 0.1) is 0 Å². The zero-order chi connectivity index (χ0) is 11.5. The van der Waals surface area contributed by atoms with Gasteiger partial charge in [0, 0.05) is 5.54 Å². The van der Waals surface area contributed by atoms with Crippen molar-refractivity contribution in [3.8, 4) is 6.01 Å². The molecule has 0 saturated heterocycles. The van der Waals surface area contributed by atoms with E-state index in [0.29, 0.717) is 0 Å². The first kappa shape index (κ1) is 11.3. The molecular formula is C8H15N5O2. The summed E-state index contributed by atoms with van der Waals surface area (Å²) in [5.41, 5.74) is -0.297. The molecule has 0 fully saturated rings. The van der Waals surface area contributed by atoms with Crippen molar-refractivity contribution in [3.05, 3.63) is 0 Å². The van der Waals surface area contributed by atoms with Crippen LogP contribution in [0.15, 0.2) is 0 Å². The average molecular weight is 213 g/mol. The van der Waals surface area contributed by atoms with E-state index in [1.165, 1.54) is 7.11 Å². The van der Waals surface area contributed by atoms with Crippen molar-refractivity contribution in [1.29, 1.82) is 0 Å². The molecule has 1 aromatic heterocycles. The number of hydrogen-bond donors (Lipinski definition) is 3. The van der Waals surface area contributed by atoms with Crippen LogP contribution in [0.5, 0.6) is 6.01 Å². The van der Waals surface area contributed by atoms with Gasteiger partial charge < -0.3 is 10.1 Å². The number of amides is 2. The number of nitrogens with zero attached hydrogens (tertiary/aromatic N) is 2. The Bertz CT molecular complexity index is 341. The van der Waals surface area contributed by atoms with E-state index < -0.39 is 0 Å². The molecule has 2 amide bonds. The molecule has 0 radical (unpaired) electrons. The molecule has 0 aliphatic carbocycles. The lowest BCUT2D eigenvalue weighted by atomic mass is 10.1. The topological polar surface area (TPSA) is 91.9 Å². The van der Waals surface area contributed by atoms with E-state index in [0.717, 1.165) is 0 Å². The van der Waals surface area contributed by atoms with Crippen LogP contribution in [0.3, 0.4) is 0 Å². The molecule has 0 saturated carbocycles. The number of ether oxygens (including phenoxy) is 1. The molecule has 1 aromatic rings. The van der Waals surface area contributed by atoms with Crippen molar-refractivity contribution in [1.82, 2.24) is 20.5 Å². The molecule has 3 N–H and O–H groups in total. The maximum atomic E-state index is 11.4. The summed E-state index contributed by atoms with van der Waals surface area (Å²) in [7, 11) is 1.45. The fourth-order valence-electron chi connectivity index (χ4n) is 0.873. The van der Waals surface area contributed by atoms with E-state index in [9.17, 15) is 4.79 Å². The molecular weight excluding hydrogens is 198 g/mol. The fourth-order valence-corrected chi connectivity index (χ4v) is 0.873. The minimum Gasteiger partial charge on any atom is -0.466 e. The van der Waals surface area contributed by atoms with Crippen LogP contribution in [0.2, 0.25) is 0 Å². The lowest BCUT2D eigenvalue weighted by Gasteiger charge is -2.19. The van der Waals surface area contributed by atoms with Crippen molar-refractivity contribution < 1.29 is 9.53 Å². The van der Waals surface area contributed by atoms with Gasteiger partial charge in [-0.3, -0.25) is 5.32 Å². The van der Waals surface area contributed by atoms with Crippen LogP contribution < -0.4 is 15.4 Å². The Morgan fingerprint density at radius 2 is 2.13 bits per heavy atom. The molecule has 15 heavy (non-hydrogen) atoms. The lowest BCUT2D eigenvalue weighted by Crippen LogP contribution is -2.43. The van der Waals surface area contributed by atoms with Crippen molar-refractivity contribution >= 4 is 12.0 Å². The van der Waals surface area contributed by atoms with Gasteiger partial charge in [-0.05, 0) is 20.8 Å². The SMILES string of the molecule is COc1n[nH]c(NC(=O)NC(C)(C)C)n1. The first-order chi connectivity index (χ1) is 6.90. The summed E-state index contributed by atoms with van der Waals surface area (Å²) in [4.78, 5) is 15.2. The number of anilines is 1. The van der Waals surface area contributed by atoms with Gasteiger partial charge in [0.25, 0.3) is 0 Å². The molecule has 0 atom stereocenters. The normalized spacial score (nSPS) is 10.9. The molecule has 0 aromatic carbocycles. The monoisotopic (exact) mass is 213 g/mol. The van der Waals surface area contributed by atoms with Gasteiger partial charge in [0.1, 0.15) is 0 Å². The number of rotatable bonds is 2. The van der Waals surface area contributed by atoms with Crippen LogP contribution in [0.25, 0.3) is 0 Å². The molecule has 0 unspecified atom stereocenters. The second kappa shape index (κ2) is 4.16. The van der Waals surface area contributed by atoms with E-state index in [-0.39, 0.29) is 23.5 Å². The highest BCUT2D eigenvalue weighted by molar-refractivity contribution is 5.87. The van der Waals surface area contributed by atoms with E-state index in [1.807, 2.05) is 20.8 Å². The number of aromatic nitrogens is 3. The van der Waals surface area contributed by atoms with E-state index in [2.05, 4.69) is 25.8 Å². The highest BCUT2D eigenvalue weighted by atomic mass is 16.5. The Morgan fingerprint density at radius 1 is 1.47 bits per heavy atom. The number of nitrogens with one attached hydrogen (secondary N) is 3. The third kappa shape index (κ3) is 3.84. The summed E-state index contributed by atoms with van der Waals surface area (Å²) < 4.78 is 4.75. The first-order valence-corrected chi connectivity index (χ1v) is 4.46. The van der Waals surface area contributed by atoms with Crippen LogP contribution in [-0.2, 0) is 0 Å².